The molecule has 0 aromatic heterocycles. The van der Waals surface area contributed by atoms with Gasteiger partial charge in [-0.05, 0) is 12.1 Å². The van der Waals surface area contributed by atoms with Gasteiger partial charge in [0.25, 0.3) is 0 Å². The summed E-state index contributed by atoms with van der Waals surface area (Å²) in [6.45, 7) is -0.273. The third-order valence-corrected chi connectivity index (χ3v) is 4.09. The molecule has 1 aromatic carbocycles. The lowest BCUT2D eigenvalue weighted by atomic mass is 9.93. The van der Waals surface area contributed by atoms with Gasteiger partial charge in [-0.1, -0.05) is 0 Å². The second-order valence-corrected chi connectivity index (χ2v) is 5.87. The van der Waals surface area contributed by atoms with Gasteiger partial charge in [-0.25, -0.2) is 0 Å². The van der Waals surface area contributed by atoms with Crippen LogP contribution in [0.5, 0.6) is 5.75 Å². The molecule has 162 valence electrons. The van der Waals surface area contributed by atoms with Crippen molar-refractivity contribution in [3.63, 3.8) is 0 Å². The van der Waals surface area contributed by atoms with Gasteiger partial charge in [0, 0.05) is 31.7 Å². The molecule has 2 rings (SSSR count). The maximum absolute atomic E-state index is 13.7. The van der Waals surface area contributed by atoms with Gasteiger partial charge in [-0.3, -0.25) is 4.90 Å². The summed E-state index contributed by atoms with van der Waals surface area (Å²) in [4.78, 5) is 0.747. The van der Waals surface area contributed by atoms with Crippen molar-refractivity contribution in [2.75, 3.05) is 33.3 Å². The maximum atomic E-state index is 13.7. The summed E-state index contributed by atoms with van der Waals surface area (Å²) in [7, 11) is 0.727. The van der Waals surface area contributed by atoms with Gasteiger partial charge in [0.1, 0.15) is 11.8 Å². The molecule has 1 N–H and O–H groups in total. The highest BCUT2D eigenvalue weighted by Gasteiger charge is 2.51. The van der Waals surface area contributed by atoms with E-state index in [0.29, 0.717) is 0 Å². The van der Waals surface area contributed by atoms with E-state index in [-0.39, 0.29) is 50.7 Å². The molecule has 1 aliphatic heterocycles. The summed E-state index contributed by atoms with van der Waals surface area (Å²) in [5, 5.41) is 2.76. The van der Waals surface area contributed by atoms with Crippen LogP contribution in [0.3, 0.4) is 0 Å². The number of alkyl halides is 9. The van der Waals surface area contributed by atoms with Crippen LogP contribution < -0.4 is 10.1 Å². The van der Waals surface area contributed by atoms with E-state index in [4.69, 9.17) is 0 Å². The number of ether oxygens (including phenoxy) is 1. The lowest BCUT2D eigenvalue weighted by molar-refractivity contribution is -0.191. The third-order valence-electron chi connectivity index (χ3n) is 4.09. The summed E-state index contributed by atoms with van der Waals surface area (Å²) in [5.74, 6) is -1.11. The molecule has 1 heterocycles. The molecule has 0 amide bonds. The lowest BCUT2D eigenvalue weighted by Crippen LogP contribution is -2.49. The zero-order chi connectivity index (χ0) is 20.6. The summed E-state index contributed by atoms with van der Waals surface area (Å²) in [5.41, 5.74) is -5.13. The predicted molar refractivity (Wildman–Crippen MR) is 83.5 cm³/mol. The smallest absolute Gasteiger partial charge is 0.416 e. The molecular weight excluding hydrogens is 431 g/mol. The molecule has 1 aliphatic rings. The van der Waals surface area contributed by atoms with Gasteiger partial charge in [0.2, 0.25) is 0 Å². The van der Waals surface area contributed by atoms with Crippen molar-refractivity contribution in [2.45, 2.75) is 24.6 Å². The van der Waals surface area contributed by atoms with Gasteiger partial charge in [0.15, 0.2) is 0 Å². The molecule has 1 saturated heterocycles. The monoisotopic (exact) mass is 446 g/mol. The van der Waals surface area contributed by atoms with E-state index in [1.807, 2.05) is 0 Å². The zero-order valence-corrected chi connectivity index (χ0v) is 15.0. The van der Waals surface area contributed by atoms with Gasteiger partial charge in [0.05, 0.1) is 18.2 Å². The minimum absolute atomic E-state index is 0. The highest BCUT2D eigenvalue weighted by Crippen LogP contribution is 2.49. The Morgan fingerprint density at radius 3 is 1.86 bits per heavy atom. The number of nitrogens with one attached hydrogen (secondary N) is 1. The summed E-state index contributed by atoms with van der Waals surface area (Å²) >= 11 is 0. The number of methoxy groups -OCH3 is 1. The molecule has 0 radical (unpaired) electrons. The predicted octanol–water partition coefficient (Wildman–Crippen LogP) is 4.66. The van der Waals surface area contributed by atoms with Crippen molar-refractivity contribution in [1.82, 2.24) is 10.2 Å². The number of rotatable bonds is 3. The van der Waals surface area contributed by atoms with Crippen molar-refractivity contribution < 1.29 is 44.3 Å². The van der Waals surface area contributed by atoms with Crippen molar-refractivity contribution >= 4 is 12.4 Å². The van der Waals surface area contributed by atoms with Gasteiger partial charge < -0.3 is 10.1 Å². The Morgan fingerprint density at radius 2 is 1.46 bits per heavy atom. The topological polar surface area (TPSA) is 24.5 Å². The largest absolute Gasteiger partial charge is 0.496 e. The Bertz CT molecular complexity index is 667. The number of hydrogen-bond donors (Lipinski definition) is 1. The van der Waals surface area contributed by atoms with Crippen molar-refractivity contribution in [3.05, 3.63) is 28.8 Å². The molecule has 0 spiro atoms. The van der Waals surface area contributed by atoms with E-state index in [2.05, 4.69) is 10.1 Å². The molecule has 3 nitrogen and oxygen atoms in total. The fourth-order valence-electron chi connectivity index (χ4n) is 2.97. The van der Waals surface area contributed by atoms with E-state index < -0.39 is 47.0 Å². The molecule has 0 unspecified atom stereocenters. The number of nitrogens with zero attached hydrogens (tertiary/aromatic N) is 1. The molecule has 1 atom stereocenters. The second kappa shape index (κ2) is 8.54. The number of piperazine rings is 1. The summed E-state index contributed by atoms with van der Waals surface area (Å²) in [6.07, 6.45) is -15.8. The Morgan fingerprint density at radius 1 is 0.929 bits per heavy atom. The molecule has 13 heteroatoms. The molecule has 1 fully saturated rings. The Hall–Kier alpha value is -1.40. The van der Waals surface area contributed by atoms with E-state index in [9.17, 15) is 39.5 Å². The van der Waals surface area contributed by atoms with Crippen LogP contribution in [0.15, 0.2) is 12.1 Å². The number of halogens is 10. The Labute approximate surface area is 160 Å². The van der Waals surface area contributed by atoms with Crippen LogP contribution in [0.4, 0.5) is 39.5 Å². The van der Waals surface area contributed by atoms with Crippen LogP contribution in [-0.2, 0) is 12.4 Å². The summed E-state index contributed by atoms with van der Waals surface area (Å²) < 4.78 is 125. The Kier molecular flexibility index (Phi) is 7.51. The van der Waals surface area contributed by atoms with E-state index in [1.54, 1.807) is 0 Å². The fourth-order valence-corrected chi connectivity index (χ4v) is 2.97. The first-order valence-electron chi connectivity index (χ1n) is 7.64. The van der Waals surface area contributed by atoms with Crippen LogP contribution in [0, 0.1) is 0 Å². The van der Waals surface area contributed by atoms with Gasteiger partial charge in [-0.2, -0.15) is 39.5 Å². The van der Waals surface area contributed by atoms with E-state index in [0.717, 1.165) is 12.0 Å². The van der Waals surface area contributed by atoms with Crippen LogP contribution in [0.1, 0.15) is 22.7 Å². The average molecular weight is 447 g/mol. The highest BCUT2D eigenvalue weighted by atomic mass is 35.5. The first kappa shape index (κ1) is 24.6. The van der Waals surface area contributed by atoms with Crippen LogP contribution in [-0.4, -0.2) is 44.4 Å². The number of hydrogen-bond acceptors (Lipinski definition) is 3. The SMILES string of the molecule is COc1cc(C(F)(F)F)cc(C(F)(F)F)c1[C@@H](N1CCNCC1)C(F)(F)F.Cl. The van der Waals surface area contributed by atoms with Crippen LogP contribution in [0.25, 0.3) is 0 Å². The van der Waals surface area contributed by atoms with E-state index >= 15 is 0 Å². The fraction of sp³-hybridized carbons (Fsp3) is 0.600. The second-order valence-electron chi connectivity index (χ2n) is 5.87. The molecule has 28 heavy (non-hydrogen) atoms. The number of benzene rings is 1. The molecule has 1 aromatic rings. The summed E-state index contributed by atoms with van der Waals surface area (Å²) in [6, 6.07) is -2.90. The van der Waals surface area contributed by atoms with Crippen molar-refractivity contribution in [2.24, 2.45) is 0 Å². The zero-order valence-electron chi connectivity index (χ0n) is 14.2. The van der Waals surface area contributed by atoms with Gasteiger partial charge in [-0.15, -0.1) is 12.4 Å². The molecular formula is C15H16ClF9N2O. The first-order chi connectivity index (χ1) is 12.3. The maximum Gasteiger partial charge on any atom is 0.416 e. The van der Waals surface area contributed by atoms with E-state index in [1.165, 1.54) is 0 Å². The molecule has 0 saturated carbocycles. The molecule has 0 bridgehead atoms. The van der Waals surface area contributed by atoms with Crippen molar-refractivity contribution in [1.29, 1.82) is 0 Å². The Balaban J connectivity index is 0.00000392. The minimum Gasteiger partial charge on any atom is -0.496 e. The van der Waals surface area contributed by atoms with Crippen LogP contribution in [0.2, 0.25) is 0 Å². The minimum atomic E-state index is -5.44. The van der Waals surface area contributed by atoms with Gasteiger partial charge >= 0.3 is 18.5 Å². The lowest BCUT2D eigenvalue weighted by Gasteiger charge is -2.37. The average Bonchev–Trinajstić information content (AvgIpc) is 2.52. The standard InChI is InChI=1S/C15H15F9N2O.ClH/c1-27-10-7-8(13(16,17)18)6-9(14(19,20)21)11(10)12(15(22,23)24)26-4-2-25-3-5-26;/h6-7,12,25H,2-5H2,1H3;1H/t12-;/m1./s1. The first-order valence-corrected chi connectivity index (χ1v) is 7.64. The highest BCUT2D eigenvalue weighted by molar-refractivity contribution is 5.85. The normalized spacial score (nSPS) is 17.8. The quantitative estimate of drug-likeness (QED) is 0.683. The third kappa shape index (κ3) is 5.35. The van der Waals surface area contributed by atoms with Crippen LogP contribution >= 0.6 is 12.4 Å². The molecule has 0 aliphatic carbocycles. The van der Waals surface area contributed by atoms with Crippen molar-refractivity contribution in [3.8, 4) is 5.75 Å².